The number of nitrogens with zero attached hydrogens (tertiary/aromatic N) is 2. The summed E-state index contributed by atoms with van der Waals surface area (Å²) in [4.78, 5) is 11.7. The summed E-state index contributed by atoms with van der Waals surface area (Å²) >= 11 is 0. The predicted octanol–water partition coefficient (Wildman–Crippen LogP) is 0.395. The Balaban J connectivity index is 2.01. The van der Waals surface area contributed by atoms with E-state index in [9.17, 15) is 4.79 Å². The van der Waals surface area contributed by atoms with Crippen LogP contribution in [0.15, 0.2) is 12.4 Å². The molecule has 0 saturated carbocycles. The van der Waals surface area contributed by atoms with Gasteiger partial charge < -0.3 is 10.1 Å². The molecule has 0 aliphatic carbocycles. The smallest absolute Gasteiger partial charge is 0.235 e. The van der Waals surface area contributed by atoms with Crippen molar-refractivity contribution in [3.63, 3.8) is 0 Å². The molecule has 1 aromatic heterocycles. The topological polar surface area (TPSA) is 56.2 Å². The number of rotatable bonds is 2. The van der Waals surface area contributed by atoms with Gasteiger partial charge in [0.15, 0.2) is 0 Å². The summed E-state index contributed by atoms with van der Waals surface area (Å²) in [6, 6.07) is 0. The molecular formula is C9H13N3O2. The zero-order valence-electron chi connectivity index (χ0n) is 8.28. The quantitative estimate of drug-likeness (QED) is 0.743. The Morgan fingerprint density at radius 3 is 2.86 bits per heavy atom. The van der Waals surface area contributed by atoms with Crippen molar-refractivity contribution < 1.29 is 9.53 Å². The third-order valence-electron chi connectivity index (χ3n) is 2.35. The van der Waals surface area contributed by atoms with Gasteiger partial charge in [-0.1, -0.05) is 0 Å². The molecule has 5 heteroatoms. The lowest BCUT2D eigenvalue weighted by Crippen LogP contribution is -2.49. The number of nitrogens with one attached hydrogen (secondary N) is 1. The Morgan fingerprint density at radius 1 is 1.71 bits per heavy atom. The van der Waals surface area contributed by atoms with E-state index in [2.05, 4.69) is 10.4 Å². The molecule has 0 atom stereocenters. The maximum atomic E-state index is 11.7. The van der Waals surface area contributed by atoms with E-state index >= 15 is 0 Å². The summed E-state index contributed by atoms with van der Waals surface area (Å²) in [6.07, 6.45) is 3.39. The zero-order chi connectivity index (χ0) is 10.2. The Morgan fingerprint density at radius 2 is 2.43 bits per heavy atom. The molecule has 1 amide bonds. The first kappa shape index (κ1) is 9.21. The second-order valence-electron chi connectivity index (χ2n) is 3.91. The maximum Gasteiger partial charge on any atom is 0.235 e. The van der Waals surface area contributed by atoms with Crippen molar-refractivity contribution in [3.05, 3.63) is 12.4 Å². The molecule has 0 radical (unpaired) electrons. The summed E-state index contributed by atoms with van der Waals surface area (Å²) in [7, 11) is 1.81. The van der Waals surface area contributed by atoms with Crippen LogP contribution < -0.4 is 5.32 Å². The van der Waals surface area contributed by atoms with Crippen LogP contribution in [-0.4, -0.2) is 28.9 Å². The highest BCUT2D eigenvalue weighted by Gasteiger charge is 2.41. The molecule has 76 valence electrons. The Bertz CT molecular complexity index is 355. The van der Waals surface area contributed by atoms with Gasteiger partial charge in [0.25, 0.3) is 0 Å². The fourth-order valence-electron chi connectivity index (χ4n) is 1.31. The van der Waals surface area contributed by atoms with E-state index in [4.69, 9.17) is 4.74 Å². The third kappa shape index (κ3) is 1.50. The first-order chi connectivity index (χ1) is 6.60. The first-order valence-corrected chi connectivity index (χ1v) is 4.48. The lowest BCUT2D eigenvalue weighted by atomic mass is 9.87. The minimum absolute atomic E-state index is 0.00301. The van der Waals surface area contributed by atoms with E-state index in [1.165, 1.54) is 0 Å². The number of carbonyl (C=O) groups is 1. The van der Waals surface area contributed by atoms with Crippen LogP contribution in [0.2, 0.25) is 0 Å². The SMILES string of the molecule is Cn1cc(NC(=O)C2(C)COC2)cn1. The number of hydrogen-bond donors (Lipinski definition) is 1. The summed E-state index contributed by atoms with van der Waals surface area (Å²) in [5.41, 5.74) is 0.362. The molecule has 1 saturated heterocycles. The number of hydrogen-bond acceptors (Lipinski definition) is 3. The second kappa shape index (κ2) is 3.09. The molecule has 2 heterocycles. The van der Waals surface area contributed by atoms with E-state index in [-0.39, 0.29) is 11.3 Å². The number of aromatic nitrogens is 2. The van der Waals surface area contributed by atoms with E-state index in [1.807, 2.05) is 14.0 Å². The summed E-state index contributed by atoms with van der Waals surface area (Å²) in [5.74, 6) is -0.00301. The van der Waals surface area contributed by atoms with Crippen LogP contribution in [0.3, 0.4) is 0 Å². The molecule has 0 bridgehead atoms. The predicted molar refractivity (Wildman–Crippen MR) is 50.8 cm³/mol. The van der Waals surface area contributed by atoms with E-state index in [0.717, 1.165) is 5.69 Å². The standard InChI is InChI=1S/C9H13N3O2/c1-9(5-14-6-9)8(13)11-7-3-10-12(2)4-7/h3-4H,5-6H2,1-2H3,(H,11,13). The number of anilines is 1. The molecular weight excluding hydrogens is 182 g/mol. The van der Waals surface area contributed by atoms with Gasteiger partial charge in [-0.15, -0.1) is 0 Å². The fraction of sp³-hybridized carbons (Fsp3) is 0.556. The van der Waals surface area contributed by atoms with Crippen molar-refractivity contribution in [1.82, 2.24) is 9.78 Å². The molecule has 2 rings (SSSR count). The molecule has 14 heavy (non-hydrogen) atoms. The third-order valence-corrected chi connectivity index (χ3v) is 2.35. The van der Waals surface area contributed by atoms with Crippen LogP contribution in [0.5, 0.6) is 0 Å². The Kier molecular flexibility index (Phi) is 2.03. The van der Waals surface area contributed by atoms with Crippen LogP contribution >= 0.6 is 0 Å². The summed E-state index contributed by atoms with van der Waals surface area (Å²) < 4.78 is 6.67. The molecule has 1 aromatic rings. The minimum atomic E-state index is -0.365. The summed E-state index contributed by atoms with van der Waals surface area (Å²) in [5, 5.41) is 6.77. The maximum absolute atomic E-state index is 11.7. The van der Waals surface area contributed by atoms with E-state index in [0.29, 0.717) is 13.2 Å². The molecule has 0 spiro atoms. The number of carbonyl (C=O) groups excluding carboxylic acids is 1. The largest absolute Gasteiger partial charge is 0.379 e. The average molecular weight is 195 g/mol. The molecule has 0 unspecified atom stereocenters. The number of ether oxygens (including phenoxy) is 1. The van der Waals surface area contributed by atoms with Gasteiger partial charge in [-0.3, -0.25) is 9.48 Å². The Hall–Kier alpha value is -1.36. The molecule has 5 nitrogen and oxygen atoms in total. The van der Waals surface area contributed by atoms with Crippen molar-refractivity contribution in [2.75, 3.05) is 18.5 Å². The van der Waals surface area contributed by atoms with Crippen LogP contribution in [0.25, 0.3) is 0 Å². The van der Waals surface area contributed by atoms with Gasteiger partial charge in [-0.05, 0) is 6.92 Å². The highest BCUT2D eigenvalue weighted by molar-refractivity contribution is 5.95. The van der Waals surface area contributed by atoms with Crippen LogP contribution in [-0.2, 0) is 16.6 Å². The summed E-state index contributed by atoms with van der Waals surface area (Å²) in [6.45, 7) is 2.89. The fourth-order valence-corrected chi connectivity index (χ4v) is 1.31. The van der Waals surface area contributed by atoms with Gasteiger partial charge in [0.1, 0.15) is 0 Å². The second-order valence-corrected chi connectivity index (χ2v) is 3.91. The van der Waals surface area contributed by atoms with Gasteiger partial charge in [0.2, 0.25) is 5.91 Å². The highest BCUT2D eigenvalue weighted by Crippen LogP contribution is 2.27. The molecule has 1 aliphatic heterocycles. The van der Waals surface area contributed by atoms with E-state index in [1.54, 1.807) is 17.1 Å². The van der Waals surface area contributed by atoms with Crippen molar-refractivity contribution >= 4 is 11.6 Å². The lowest BCUT2D eigenvalue weighted by Gasteiger charge is -2.36. The monoisotopic (exact) mass is 195 g/mol. The zero-order valence-corrected chi connectivity index (χ0v) is 8.28. The van der Waals surface area contributed by atoms with Gasteiger partial charge in [-0.2, -0.15) is 5.10 Å². The minimum Gasteiger partial charge on any atom is -0.379 e. The number of aryl methyl sites for hydroxylation is 1. The average Bonchev–Trinajstić information content (AvgIpc) is 2.47. The van der Waals surface area contributed by atoms with Crippen LogP contribution in [0, 0.1) is 5.41 Å². The van der Waals surface area contributed by atoms with Crippen molar-refractivity contribution in [2.45, 2.75) is 6.92 Å². The van der Waals surface area contributed by atoms with Crippen molar-refractivity contribution in [2.24, 2.45) is 12.5 Å². The van der Waals surface area contributed by atoms with E-state index < -0.39 is 0 Å². The molecule has 1 N–H and O–H groups in total. The van der Waals surface area contributed by atoms with Crippen molar-refractivity contribution in [1.29, 1.82) is 0 Å². The van der Waals surface area contributed by atoms with Gasteiger partial charge >= 0.3 is 0 Å². The number of amides is 1. The van der Waals surface area contributed by atoms with Crippen LogP contribution in [0.1, 0.15) is 6.92 Å². The Labute approximate surface area is 82.0 Å². The first-order valence-electron chi connectivity index (χ1n) is 4.48. The van der Waals surface area contributed by atoms with Crippen LogP contribution in [0.4, 0.5) is 5.69 Å². The molecule has 1 fully saturated rings. The molecule has 1 aliphatic rings. The molecule has 0 aromatic carbocycles. The van der Waals surface area contributed by atoms with Gasteiger partial charge in [0.05, 0.1) is 30.5 Å². The normalized spacial score (nSPS) is 18.7. The lowest BCUT2D eigenvalue weighted by molar-refractivity contribution is -0.151. The highest BCUT2D eigenvalue weighted by atomic mass is 16.5. The van der Waals surface area contributed by atoms with Gasteiger partial charge in [-0.25, -0.2) is 0 Å². The van der Waals surface area contributed by atoms with Crippen molar-refractivity contribution in [3.8, 4) is 0 Å². The van der Waals surface area contributed by atoms with Gasteiger partial charge in [0, 0.05) is 13.2 Å².